The van der Waals surface area contributed by atoms with Crippen molar-refractivity contribution in [3.63, 3.8) is 0 Å². The number of benzene rings is 2. The van der Waals surface area contributed by atoms with Gasteiger partial charge in [-0.25, -0.2) is 9.38 Å². The van der Waals surface area contributed by atoms with Gasteiger partial charge in [-0.2, -0.15) is 0 Å². The van der Waals surface area contributed by atoms with Crippen LogP contribution in [0.25, 0.3) is 0 Å². The summed E-state index contributed by atoms with van der Waals surface area (Å²) in [5, 5.41) is 9.35. The van der Waals surface area contributed by atoms with Crippen LogP contribution in [0.3, 0.4) is 0 Å². The zero-order valence-electron chi connectivity index (χ0n) is 16.3. The molecule has 5 nitrogen and oxygen atoms in total. The highest BCUT2D eigenvalue weighted by Gasteiger charge is 2.01. The number of guanidine groups is 1. The number of anilines is 1. The zero-order valence-corrected chi connectivity index (χ0v) is 17.1. The molecule has 3 N–H and O–H groups in total. The number of nitrogens with zero attached hydrogens (tertiary/aromatic N) is 1. The number of thioether (sulfide) groups is 1. The summed E-state index contributed by atoms with van der Waals surface area (Å²) in [6.07, 6.45) is 0.963. The maximum atomic E-state index is 12.9. The standard InChI is InChI=1S/C21H27FN4OS/c1-3-23-21(24-12-5-13-28-20-10-8-18(22)9-11-20)25-15-17-6-4-7-19(14-17)26-16(2)27/h4,6-11,14H,3,5,12-13,15H2,1-2H3,(H,26,27)(H2,23,24,25). The van der Waals surface area contributed by atoms with Crippen LogP contribution >= 0.6 is 11.8 Å². The van der Waals surface area contributed by atoms with Gasteiger partial charge < -0.3 is 16.0 Å². The highest BCUT2D eigenvalue weighted by molar-refractivity contribution is 7.99. The Balaban J connectivity index is 1.78. The van der Waals surface area contributed by atoms with Crippen LogP contribution in [0.1, 0.15) is 25.8 Å². The van der Waals surface area contributed by atoms with E-state index in [0.29, 0.717) is 6.54 Å². The lowest BCUT2D eigenvalue weighted by Gasteiger charge is -2.11. The molecular weight excluding hydrogens is 375 g/mol. The molecule has 2 aromatic rings. The molecule has 0 aromatic heterocycles. The molecule has 0 spiro atoms. The molecule has 7 heteroatoms. The molecule has 0 radical (unpaired) electrons. The molecule has 0 unspecified atom stereocenters. The second-order valence-electron chi connectivity index (χ2n) is 6.16. The van der Waals surface area contributed by atoms with E-state index in [1.54, 1.807) is 23.9 Å². The highest BCUT2D eigenvalue weighted by atomic mass is 32.2. The Labute approximate surface area is 170 Å². The van der Waals surface area contributed by atoms with Gasteiger partial charge in [0.1, 0.15) is 5.82 Å². The van der Waals surface area contributed by atoms with Gasteiger partial charge >= 0.3 is 0 Å². The number of carbonyl (C=O) groups excluding carboxylic acids is 1. The van der Waals surface area contributed by atoms with Crippen LogP contribution < -0.4 is 16.0 Å². The van der Waals surface area contributed by atoms with Crippen molar-refractivity contribution in [1.82, 2.24) is 10.6 Å². The van der Waals surface area contributed by atoms with Gasteiger partial charge in [0.05, 0.1) is 6.54 Å². The monoisotopic (exact) mass is 402 g/mol. The summed E-state index contributed by atoms with van der Waals surface area (Å²) in [5.41, 5.74) is 1.80. The van der Waals surface area contributed by atoms with Crippen LogP contribution in [0, 0.1) is 5.82 Å². The fraction of sp³-hybridized carbons (Fsp3) is 0.333. The Kier molecular flexibility index (Phi) is 9.34. The Bertz CT molecular complexity index is 780. The van der Waals surface area contributed by atoms with Crippen LogP contribution in [0.4, 0.5) is 10.1 Å². The number of hydrogen-bond acceptors (Lipinski definition) is 3. The van der Waals surface area contributed by atoms with E-state index in [1.807, 2.05) is 31.2 Å². The van der Waals surface area contributed by atoms with Gasteiger partial charge in [0, 0.05) is 30.6 Å². The first-order valence-corrected chi connectivity index (χ1v) is 10.3. The highest BCUT2D eigenvalue weighted by Crippen LogP contribution is 2.18. The second-order valence-corrected chi connectivity index (χ2v) is 7.33. The van der Waals surface area contributed by atoms with Crippen molar-refractivity contribution in [3.8, 4) is 0 Å². The Hall–Kier alpha value is -2.54. The first kappa shape index (κ1) is 21.8. The Morgan fingerprint density at radius 3 is 2.64 bits per heavy atom. The molecule has 0 aliphatic carbocycles. The number of hydrogen-bond donors (Lipinski definition) is 3. The summed E-state index contributed by atoms with van der Waals surface area (Å²) < 4.78 is 12.9. The van der Waals surface area contributed by atoms with Crippen molar-refractivity contribution >= 4 is 29.3 Å². The second kappa shape index (κ2) is 12.0. The molecule has 0 saturated carbocycles. The van der Waals surface area contributed by atoms with E-state index in [9.17, 15) is 9.18 Å². The van der Waals surface area contributed by atoms with Gasteiger partial charge in [0.2, 0.25) is 5.91 Å². The number of aliphatic imine (C=N–C) groups is 1. The summed E-state index contributed by atoms with van der Waals surface area (Å²) in [6.45, 7) is 5.62. The smallest absolute Gasteiger partial charge is 0.221 e. The minimum Gasteiger partial charge on any atom is -0.357 e. The molecule has 0 aliphatic rings. The molecule has 28 heavy (non-hydrogen) atoms. The first-order chi connectivity index (χ1) is 13.6. The van der Waals surface area contributed by atoms with Gasteiger partial charge in [-0.15, -0.1) is 11.8 Å². The van der Waals surface area contributed by atoms with Crippen LogP contribution in [0.15, 0.2) is 58.4 Å². The van der Waals surface area contributed by atoms with Crippen LogP contribution in [-0.4, -0.2) is 30.7 Å². The molecule has 2 aromatic carbocycles. The topological polar surface area (TPSA) is 65.5 Å². The summed E-state index contributed by atoms with van der Waals surface area (Å²) in [6, 6.07) is 14.2. The van der Waals surface area contributed by atoms with E-state index < -0.39 is 0 Å². The maximum Gasteiger partial charge on any atom is 0.221 e. The van der Waals surface area contributed by atoms with Crippen LogP contribution in [0.2, 0.25) is 0 Å². The molecule has 1 amide bonds. The Morgan fingerprint density at radius 1 is 1.14 bits per heavy atom. The van der Waals surface area contributed by atoms with Gasteiger partial charge in [0.15, 0.2) is 5.96 Å². The summed E-state index contributed by atoms with van der Waals surface area (Å²) in [7, 11) is 0. The van der Waals surface area contributed by atoms with E-state index in [2.05, 4.69) is 20.9 Å². The van der Waals surface area contributed by atoms with Gasteiger partial charge in [-0.1, -0.05) is 12.1 Å². The third-order valence-electron chi connectivity index (χ3n) is 3.71. The Morgan fingerprint density at radius 2 is 1.93 bits per heavy atom. The molecule has 0 heterocycles. The summed E-state index contributed by atoms with van der Waals surface area (Å²) in [4.78, 5) is 16.8. The summed E-state index contributed by atoms with van der Waals surface area (Å²) >= 11 is 1.71. The molecular formula is C21H27FN4OS. The molecule has 0 saturated heterocycles. The minimum absolute atomic E-state index is 0.0887. The lowest BCUT2D eigenvalue weighted by molar-refractivity contribution is -0.114. The normalized spacial score (nSPS) is 11.2. The average Bonchev–Trinajstić information content (AvgIpc) is 2.67. The largest absolute Gasteiger partial charge is 0.357 e. The molecule has 0 bridgehead atoms. The zero-order chi connectivity index (χ0) is 20.2. The number of nitrogens with one attached hydrogen (secondary N) is 3. The average molecular weight is 403 g/mol. The van der Waals surface area contributed by atoms with Crippen molar-refractivity contribution in [1.29, 1.82) is 0 Å². The lowest BCUT2D eigenvalue weighted by Crippen LogP contribution is -2.37. The van der Waals surface area contributed by atoms with Crippen molar-refractivity contribution in [2.24, 2.45) is 4.99 Å². The van der Waals surface area contributed by atoms with Gasteiger partial charge in [-0.3, -0.25) is 4.79 Å². The van der Waals surface area contributed by atoms with E-state index in [4.69, 9.17) is 0 Å². The number of halogens is 1. The van der Waals surface area contributed by atoms with E-state index in [0.717, 1.165) is 47.4 Å². The quantitative estimate of drug-likeness (QED) is 0.257. The lowest BCUT2D eigenvalue weighted by atomic mass is 10.2. The van der Waals surface area contributed by atoms with E-state index in [-0.39, 0.29) is 11.7 Å². The van der Waals surface area contributed by atoms with Gasteiger partial charge in [-0.05, 0) is 61.1 Å². The fourth-order valence-corrected chi connectivity index (χ4v) is 3.32. The number of rotatable bonds is 9. The fourth-order valence-electron chi connectivity index (χ4n) is 2.46. The van der Waals surface area contributed by atoms with Crippen LogP contribution in [0.5, 0.6) is 0 Å². The molecule has 2 rings (SSSR count). The van der Waals surface area contributed by atoms with Gasteiger partial charge in [0.25, 0.3) is 0 Å². The van der Waals surface area contributed by atoms with Crippen molar-refractivity contribution in [2.45, 2.75) is 31.7 Å². The summed E-state index contributed by atoms with van der Waals surface area (Å²) in [5.74, 6) is 1.41. The maximum absolute atomic E-state index is 12.9. The molecule has 0 atom stereocenters. The number of amides is 1. The first-order valence-electron chi connectivity index (χ1n) is 9.34. The minimum atomic E-state index is -0.208. The van der Waals surface area contributed by atoms with Crippen molar-refractivity contribution in [2.75, 3.05) is 24.2 Å². The van der Waals surface area contributed by atoms with E-state index >= 15 is 0 Å². The van der Waals surface area contributed by atoms with E-state index in [1.165, 1.54) is 19.1 Å². The van der Waals surface area contributed by atoms with Crippen LogP contribution in [-0.2, 0) is 11.3 Å². The molecule has 0 aliphatic heterocycles. The molecule has 0 fully saturated rings. The molecule has 150 valence electrons. The predicted octanol–water partition coefficient (Wildman–Crippen LogP) is 4.02. The van der Waals surface area contributed by atoms with Crippen molar-refractivity contribution in [3.05, 3.63) is 59.9 Å². The SMILES string of the molecule is CCNC(=NCc1cccc(NC(C)=O)c1)NCCCSc1ccc(F)cc1. The number of carbonyl (C=O) groups is 1. The third-order valence-corrected chi connectivity index (χ3v) is 4.81. The predicted molar refractivity (Wildman–Crippen MR) is 115 cm³/mol. The third kappa shape index (κ3) is 8.43. The van der Waals surface area contributed by atoms with Crippen molar-refractivity contribution < 1.29 is 9.18 Å².